The van der Waals surface area contributed by atoms with Crippen molar-refractivity contribution in [2.75, 3.05) is 12.3 Å². The highest BCUT2D eigenvalue weighted by Crippen LogP contribution is 2.31. The molecule has 0 spiro atoms. The molecule has 3 rings (SSSR count). The van der Waals surface area contributed by atoms with Gasteiger partial charge < -0.3 is 15.4 Å². The standard InChI is InChI=1S/C16H18N4O4S2/c1-3-9-4-11(21)17-5-12-19-10(7-25-12)14-20-16(2,8-26-14)15(23)18-6-13(22)24-9/h3,7,9H,1,4-6,8H2,2H3,(H,17,21)(H,18,23). The van der Waals surface area contributed by atoms with E-state index in [1.54, 1.807) is 6.92 Å². The maximum atomic E-state index is 12.5. The lowest BCUT2D eigenvalue weighted by atomic mass is 10.1. The molecular formula is C16H18N4O4S2. The number of nitrogens with one attached hydrogen (secondary N) is 2. The molecule has 8 nitrogen and oxygen atoms in total. The number of rotatable bonds is 1. The number of hydrogen-bond donors (Lipinski definition) is 2. The van der Waals surface area contributed by atoms with E-state index in [9.17, 15) is 14.4 Å². The van der Waals surface area contributed by atoms with Crippen LogP contribution in [0.15, 0.2) is 23.0 Å². The Balaban J connectivity index is 1.85. The molecule has 138 valence electrons. The second-order valence-corrected chi connectivity index (χ2v) is 7.94. The molecule has 1 aromatic heterocycles. The van der Waals surface area contributed by atoms with Gasteiger partial charge in [0.1, 0.15) is 33.9 Å². The number of amides is 2. The largest absolute Gasteiger partial charge is 0.456 e. The second kappa shape index (κ2) is 7.58. The third-order valence-electron chi connectivity index (χ3n) is 3.86. The molecule has 2 N–H and O–H groups in total. The molecule has 0 fully saturated rings. The van der Waals surface area contributed by atoms with E-state index in [4.69, 9.17) is 4.74 Å². The molecule has 3 heterocycles. The highest BCUT2D eigenvalue weighted by molar-refractivity contribution is 8.14. The predicted octanol–water partition coefficient (Wildman–Crippen LogP) is 0.629. The normalized spacial score (nSPS) is 27.2. The van der Waals surface area contributed by atoms with Gasteiger partial charge in [-0.1, -0.05) is 12.7 Å². The lowest BCUT2D eigenvalue weighted by Crippen LogP contribution is -2.46. The van der Waals surface area contributed by atoms with Gasteiger partial charge in [-0.15, -0.1) is 23.1 Å². The van der Waals surface area contributed by atoms with Crippen LogP contribution in [0.5, 0.6) is 0 Å². The van der Waals surface area contributed by atoms with Crippen LogP contribution in [-0.2, 0) is 25.7 Å². The molecule has 0 aliphatic carbocycles. The van der Waals surface area contributed by atoms with Gasteiger partial charge in [0.05, 0.1) is 13.0 Å². The molecular weight excluding hydrogens is 376 g/mol. The van der Waals surface area contributed by atoms with E-state index >= 15 is 0 Å². The molecule has 0 saturated carbocycles. The topological polar surface area (TPSA) is 110 Å². The molecule has 2 unspecified atom stereocenters. The number of esters is 1. The monoisotopic (exact) mass is 394 g/mol. The number of hydrogen-bond acceptors (Lipinski definition) is 8. The van der Waals surface area contributed by atoms with Crippen molar-refractivity contribution >= 4 is 45.9 Å². The Morgan fingerprint density at radius 1 is 1.35 bits per heavy atom. The summed E-state index contributed by atoms with van der Waals surface area (Å²) in [5, 5.41) is 8.57. The van der Waals surface area contributed by atoms with Crippen LogP contribution in [-0.4, -0.2) is 51.8 Å². The van der Waals surface area contributed by atoms with Crippen LogP contribution in [0.25, 0.3) is 0 Å². The fourth-order valence-electron chi connectivity index (χ4n) is 2.39. The van der Waals surface area contributed by atoms with E-state index in [1.807, 2.05) is 5.38 Å². The number of fused-ring (bicyclic) bond motifs is 4. The minimum Gasteiger partial charge on any atom is -0.456 e. The Hall–Kier alpha value is -2.20. The zero-order valence-corrected chi connectivity index (χ0v) is 15.7. The summed E-state index contributed by atoms with van der Waals surface area (Å²) >= 11 is 2.85. The number of cyclic esters (lactones) is 1. The van der Waals surface area contributed by atoms with Crippen LogP contribution in [0, 0.1) is 0 Å². The first-order chi connectivity index (χ1) is 12.4. The fraction of sp³-hybridized carbons (Fsp3) is 0.438. The molecule has 4 bridgehead atoms. The Labute approximate surface area is 158 Å². The van der Waals surface area contributed by atoms with Crippen LogP contribution in [0.4, 0.5) is 0 Å². The smallest absolute Gasteiger partial charge is 0.326 e. The summed E-state index contributed by atoms with van der Waals surface area (Å²) in [5.41, 5.74) is -0.274. The number of thioether (sulfide) groups is 1. The van der Waals surface area contributed by atoms with Crippen molar-refractivity contribution in [1.82, 2.24) is 15.6 Å². The van der Waals surface area contributed by atoms with Crippen molar-refractivity contribution in [3.05, 3.63) is 28.7 Å². The van der Waals surface area contributed by atoms with E-state index in [2.05, 4.69) is 27.2 Å². The third kappa shape index (κ3) is 4.13. The van der Waals surface area contributed by atoms with Gasteiger partial charge in [-0.05, 0) is 6.92 Å². The zero-order valence-electron chi connectivity index (χ0n) is 14.1. The Morgan fingerprint density at radius 2 is 2.15 bits per heavy atom. The SMILES string of the molecule is C=CC1CC(=O)NCc2nc(cs2)C2=NC(C)(CS2)C(=O)NCC(=O)O1. The van der Waals surface area contributed by atoms with Gasteiger partial charge in [-0.25, -0.2) is 4.98 Å². The van der Waals surface area contributed by atoms with Gasteiger partial charge in [0.25, 0.3) is 0 Å². The summed E-state index contributed by atoms with van der Waals surface area (Å²) in [5.74, 6) is -0.810. The summed E-state index contributed by atoms with van der Waals surface area (Å²) in [7, 11) is 0. The molecule has 0 aromatic carbocycles. The molecule has 26 heavy (non-hydrogen) atoms. The molecule has 0 saturated heterocycles. The first-order valence-electron chi connectivity index (χ1n) is 7.94. The van der Waals surface area contributed by atoms with E-state index in [-0.39, 0.29) is 31.3 Å². The van der Waals surface area contributed by atoms with Gasteiger partial charge in [-0.3, -0.25) is 19.4 Å². The highest BCUT2D eigenvalue weighted by Gasteiger charge is 2.39. The molecule has 2 atom stereocenters. The Kier molecular flexibility index (Phi) is 5.42. The number of carbonyl (C=O) groups is 3. The molecule has 2 aliphatic heterocycles. The molecule has 0 radical (unpaired) electrons. The Morgan fingerprint density at radius 3 is 2.92 bits per heavy atom. The molecule has 10 heteroatoms. The molecule has 1 aromatic rings. The average molecular weight is 394 g/mol. The lowest BCUT2D eigenvalue weighted by molar-refractivity contribution is -0.148. The van der Waals surface area contributed by atoms with Crippen molar-refractivity contribution < 1.29 is 19.1 Å². The van der Waals surface area contributed by atoms with Gasteiger partial charge >= 0.3 is 5.97 Å². The van der Waals surface area contributed by atoms with Crippen molar-refractivity contribution in [2.45, 2.75) is 31.5 Å². The first-order valence-corrected chi connectivity index (χ1v) is 9.80. The van der Waals surface area contributed by atoms with Crippen LogP contribution < -0.4 is 10.6 Å². The van der Waals surface area contributed by atoms with Crippen LogP contribution in [0.2, 0.25) is 0 Å². The number of nitrogens with zero attached hydrogens (tertiary/aromatic N) is 2. The zero-order chi connectivity index (χ0) is 18.7. The third-order valence-corrected chi connectivity index (χ3v) is 5.99. The van der Waals surface area contributed by atoms with Crippen molar-refractivity contribution in [3.63, 3.8) is 0 Å². The van der Waals surface area contributed by atoms with Gasteiger partial charge in [0.2, 0.25) is 11.8 Å². The van der Waals surface area contributed by atoms with Crippen LogP contribution in [0.3, 0.4) is 0 Å². The maximum absolute atomic E-state index is 12.5. The van der Waals surface area contributed by atoms with Gasteiger partial charge in [0.15, 0.2) is 0 Å². The van der Waals surface area contributed by atoms with Crippen molar-refractivity contribution in [2.24, 2.45) is 4.99 Å². The summed E-state index contributed by atoms with van der Waals surface area (Å²) in [6, 6.07) is 0. The van der Waals surface area contributed by atoms with Gasteiger partial charge in [0, 0.05) is 11.1 Å². The fourth-order valence-corrected chi connectivity index (χ4v) is 4.32. The number of aromatic nitrogens is 1. The second-order valence-electron chi connectivity index (χ2n) is 6.03. The van der Waals surface area contributed by atoms with Crippen LogP contribution >= 0.6 is 23.1 Å². The number of thiazole rings is 1. The number of carbonyl (C=O) groups excluding carboxylic acids is 3. The molecule has 2 amide bonds. The summed E-state index contributed by atoms with van der Waals surface area (Å²) in [6.07, 6.45) is 0.582. The lowest BCUT2D eigenvalue weighted by Gasteiger charge is -2.19. The summed E-state index contributed by atoms with van der Waals surface area (Å²) < 4.78 is 5.17. The van der Waals surface area contributed by atoms with Crippen molar-refractivity contribution in [3.8, 4) is 0 Å². The summed E-state index contributed by atoms with van der Waals surface area (Å²) in [4.78, 5) is 45.4. The maximum Gasteiger partial charge on any atom is 0.326 e. The summed E-state index contributed by atoms with van der Waals surface area (Å²) in [6.45, 7) is 5.27. The minimum absolute atomic E-state index is 0.0400. The minimum atomic E-state index is -0.965. The highest BCUT2D eigenvalue weighted by atomic mass is 32.2. The number of aliphatic imine (C=N–C) groups is 1. The first kappa shape index (κ1) is 18.6. The van der Waals surface area contributed by atoms with E-state index in [1.165, 1.54) is 29.2 Å². The molecule has 2 aliphatic rings. The average Bonchev–Trinajstić information content (AvgIpc) is 3.24. The van der Waals surface area contributed by atoms with Crippen molar-refractivity contribution in [1.29, 1.82) is 0 Å². The predicted molar refractivity (Wildman–Crippen MR) is 99.1 cm³/mol. The quantitative estimate of drug-likeness (QED) is 0.534. The van der Waals surface area contributed by atoms with Crippen LogP contribution in [0.1, 0.15) is 24.0 Å². The van der Waals surface area contributed by atoms with Gasteiger partial charge in [-0.2, -0.15) is 0 Å². The Bertz CT molecular complexity index is 791. The van der Waals surface area contributed by atoms with E-state index < -0.39 is 17.6 Å². The van der Waals surface area contributed by atoms with E-state index in [0.717, 1.165) is 5.01 Å². The van der Waals surface area contributed by atoms with E-state index in [0.29, 0.717) is 16.5 Å². The number of ether oxygens (including phenoxy) is 1.